The van der Waals surface area contributed by atoms with Crippen molar-refractivity contribution in [3.05, 3.63) is 111 Å². The molecule has 9 heteroatoms. The van der Waals surface area contributed by atoms with Crippen molar-refractivity contribution in [2.45, 2.75) is 25.7 Å². The fraction of sp³-hybridized carbons (Fsp3) is 0.172. The van der Waals surface area contributed by atoms with Gasteiger partial charge in [-0.3, -0.25) is 4.79 Å². The van der Waals surface area contributed by atoms with E-state index < -0.39 is 12.3 Å². The van der Waals surface area contributed by atoms with Gasteiger partial charge in [-0.25, -0.2) is 9.18 Å². The summed E-state index contributed by atoms with van der Waals surface area (Å²) >= 11 is 3.48. The van der Waals surface area contributed by atoms with Gasteiger partial charge in [-0.2, -0.15) is 0 Å². The second-order valence-corrected chi connectivity index (χ2v) is 10.3. The molecule has 38 heavy (non-hydrogen) atoms. The maximum atomic E-state index is 13.7. The molecule has 1 fully saturated rings. The Morgan fingerprint density at radius 2 is 1.68 bits per heavy atom. The normalized spacial score (nSPS) is 17.6. The van der Waals surface area contributed by atoms with Gasteiger partial charge in [0, 0.05) is 40.2 Å². The summed E-state index contributed by atoms with van der Waals surface area (Å²) < 4.78 is 22.9. The van der Waals surface area contributed by atoms with Gasteiger partial charge in [0.25, 0.3) is 5.91 Å². The number of nitrogens with one attached hydrogen (secondary N) is 2. The number of hydrogen-bond donors (Lipinski definition) is 2. The number of fused-ring (bicyclic) bond motifs is 1. The smallest absolute Gasteiger partial charge is 0.323 e. The number of H-pyrrole nitrogens is 2. The van der Waals surface area contributed by atoms with Crippen LogP contribution in [0.4, 0.5) is 4.39 Å². The Morgan fingerprint density at radius 1 is 0.947 bits per heavy atom. The molecule has 0 spiro atoms. The van der Waals surface area contributed by atoms with E-state index in [4.69, 9.17) is 4.74 Å². The molecule has 3 aromatic carbocycles. The number of imidazole rings is 1. The summed E-state index contributed by atoms with van der Waals surface area (Å²) in [5.74, 6) is -0.404. The van der Waals surface area contributed by atoms with Gasteiger partial charge in [0.1, 0.15) is 11.9 Å². The Kier molecular flexibility index (Phi) is 6.25. The molecule has 0 bridgehead atoms. The van der Waals surface area contributed by atoms with E-state index in [0.29, 0.717) is 13.0 Å². The summed E-state index contributed by atoms with van der Waals surface area (Å²) in [4.78, 5) is 32.1. The summed E-state index contributed by atoms with van der Waals surface area (Å²) in [6.45, 7) is 2.19. The Hall–Kier alpha value is -3.95. The molecule has 1 aliphatic rings. The van der Waals surface area contributed by atoms with Crippen molar-refractivity contribution in [2.24, 2.45) is 0 Å². The van der Waals surface area contributed by atoms with E-state index in [9.17, 15) is 14.0 Å². The lowest BCUT2D eigenvalue weighted by molar-refractivity contribution is -0.130. The standard InChI is InChI=1S/C29H24BrFN4O3/c1-17-27(36)35(13-12-18-2-11-25-26(14-18)33-29(37)32-25)28(38-17)24-16-34(22-9-5-20(30)6-10-22)15-23(24)19-3-7-21(31)8-4-19/h2-11,14-17,28H,12-13H2,1H3,(H2,32,33,37)/t17-,28-/m0/s1. The number of amides is 1. The summed E-state index contributed by atoms with van der Waals surface area (Å²) in [5.41, 5.74) is 5.66. The molecule has 2 atom stereocenters. The van der Waals surface area contributed by atoms with Crippen molar-refractivity contribution in [2.75, 3.05) is 6.54 Å². The minimum atomic E-state index is -0.606. The fourth-order valence-electron chi connectivity index (χ4n) is 4.93. The second-order valence-electron chi connectivity index (χ2n) is 9.39. The highest BCUT2D eigenvalue weighted by Gasteiger charge is 2.40. The van der Waals surface area contributed by atoms with Gasteiger partial charge in [0.2, 0.25) is 0 Å². The van der Waals surface area contributed by atoms with Crippen molar-refractivity contribution in [3.63, 3.8) is 0 Å². The summed E-state index contributed by atoms with van der Waals surface area (Å²) in [6.07, 6.45) is 3.34. The number of rotatable bonds is 6. The Bertz CT molecular complexity index is 1690. The molecule has 6 rings (SSSR count). The van der Waals surface area contributed by atoms with Crippen molar-refractivity contribution >= 4 is 32.9 Å². The van der Waals surface area contributed by atoms with Crippen LogP contribution < -0.4 is 5.69 Å². The van der Waals surface area contributed by atoms with Crippen molar-refractivity contribution in [3.8, 4) is 16.8 Å². The van der Waals surface area contributed by atoms with Gasteiger partial charge in [0.05, 0.1) is 11.0 Å². The first kappa shape index (κ1) is 24.4. The van der Waals surface area contributed by atoms with Crippen LogP contribution in [0.3, 0.4) is 0 Å². The first-order valence-electron chi connectivity index (χ1n) is 12.3. The van der Waals surface area contributed by atoms with E-state index in [0.717, 1.165) is 43.4 Å². The molecule has 5 aromatic rings. The Labute approximate surface area is 226 Å². The number of carbonyl (C=O) groups excluding carboxylic acids is 1. The van der Waals surface area contributed by atoms with Crippen molar-refractivity contribution < 1.29 is 13.9 Å². The Morgan fingerprint density at radius 3 is 2.45 bits per heavy atom. The van der Waals surface area contributed by atoms with Gasteiger partial charge in [0.15, 0.2) is 6.23 Å². The highest BCUT2D eigenvalue weighted by Crippen LogP contribution is 2.39. The van der Waals surface area contributed by atoms with Crippen LogP contribution in [0.2, 0.25) is 0 Å². The molecule has 2 aromatic heterocycles. The quantitative estimate of drug-likeness (QED) is 0.273. The molecule has 1 amide bonds. The molecule has 0 radical (unpaired) electrons. The maximum absolute atomic E-state index is 13.7. The van der Waals surface area contributed by atoms with Gasteiger partial charge < -0.3 is 24.2 Å². The monoisotopic (exact) mass is 574 g/mol. The molecule has 1 aliphatic heterocycles. The predicted molar refractivity (Wildman–Crippen MR) is 146 cm³/mol. The molecular weight excluding hydrogens is 551 g/mol. The highest BCUT2D eigenvalue weighted by molar-refractivity contribution is 9.10. The van der Waals surface area contributed by atoms with Crippen molar-refractivity contribution in [1.29, 1.82) is 0 Å². The van der Waals surface area contributed by atoms with Crippen LogP contribution >= 0.6 is 15.9 Å². The highest BCUT2D eigenvalue weighted by atomic mass is 79.9. The number of halogens is 2. The van der Waals surface area contributed by atoms with Gasteiger partial charge in [-0.1, -0.05) is 34.1 Å². The molecule has 1 saturated heterocycles. The zero-order valence-corrected chi connectivity index (χ0v) is 22.0. The zero-order chi connectivity index (χ0) is 26.4. The topological polar surface area (TPSA) is 83.1 Å². The summed E-state index contributed by atoms with van der Waals surface area (Å²) in [5, 5.41) is 0. The van der Waals surface area contributed by atoms with Crippen LogP contribution in [0, 0.1) is 5.82 Å². The molecule has 7 nitrogen and oxygen atoms in total. The molecular formula is C29H24BrFN4O3. The van der Waals surface area contributed by atoms with Crippen LogP contribution in [0.15, 0.2) is 88.4 Å². The van der Waals surface area contributed by atoms with E-state index >= 15 is 0 Å². The first-order valence-corrected chi connectivity index (χ1v) is 13.1. The molecule has 0 aliphatic carbocycles. The van der Waals surface area contributed by atoms with Crippen LogP contribution in [0.1, 0.15) is 24.3 Å². The molecule has 0 unspecified atom stereocenters. The van der Waals surface area contributed by atoms with E-state index in [1.54, 1.807) is 24.0 Å². The lowest BCUT2D eigenvalue weighted by Gasteiger charge is -2.24. The second kappa shape index (κ2) is 9.74. The van der Waals surface area contributed by atoms with Crippen molar-refractivity contribution in [1.82, 2.24) is 19.4 Å². The van der Waals surface area contributed by atoms with Crippen LogP contribution in [0.5, 0.6) is 0 Å². The number of hydrogen-bond acceptors (Lipinski definition) is 3. The number of ether oxygens (including phenoxy) is 1. The average Bonchev–Trinajstić information content (AvgIpc) is 3.58. The molecule has 3 heterocycles. The number of carbonyl (C=O) groups is 1. The third-order valence-electron chi connectivity index (χ3n) is 6.87. The summed E-state index contributed by atoms with van der Waals surface area (Å²) in [7, 11) is 0. The molecule has 192 valence electrons. The van der Waals surface area contributed by atoms with E-state index in [1.807, 2.05) is 59.4 Å². The van der Waals surface area contributed by atoms with E-state index in [1.165, 1.54) is 12.1 Å². The number of aromatic amines is 2. The zero-order valence-electron chi connectivity index (χ0n) is 20.4. The third-order valence-corrected chi connectivity index (χ3v) is 7.40. The predicted octanol–water partition coefficient (Wildman–Crippen LogP) is 5.70. The minimum absolute atomic E-state index is 0.0902. The lowest BCUT2D eigenvalue weighted by atomic mass is 10.0. The minimum Gasteiger partial charge on any atom is -0.341 e. The average molecular weight is 575 g/mol. The van der Waals surface area contributed by atoms with Crippen LogP contribution in [-0.4, -0.2) is 38.0 Å². The molecule has 0 saturated carbocycles. The SMILES string of the molecule is C[C@@H]1O[C@@H](c2cn(-c3ccc(Br)cc3)cc2-c2ccc(F)cc2)N(CCc2ccc3[nH]c(=O)[nH]c3c2)C1=O. The maximum Gasteiger partial charge on any atom is 0.323 e. The Balaban J connectivity index is 1.36. The third kappa shape index (κ3) is 4.59. The first-order chi connectivity index (χ1) is 18.4. The van der Waals surface area contributed by atoms with Crippen LogP contribution in [0.25, 0.3) is 27.8 Å². The summed E-state index contributed by atoms with van der Waals surface area (Å²) in [6, 6.07) is 20.0. The lowest BCUT2D eigenvalue weighted by Crippen LogP contribution is -2.32. The number of aromatic nitrogens is 3. The number of benzene rings is 3. The van der Waals surface area contributed by atoms with Gasteiger partial charge in [-0.05, 0) is 73.0 Å². The van der Waals surface area contributed by atoms with Gasteiger partial charge >= 0.3 is 5.69 Å². The fourth-order valence-corrected chi connectivity index (χ4v) is 5.19. The van der Waals surface area contributed by atoms with E-state index in [2.05, 4.69) is 25.9 Å². The largest absolute Gasteiger partial charge is 0.341 e. The van der Waals surface area contributed by atoms with Gasteiger partial charge in [-0.15, -0.1) is 0 Å². The molecule has 2 N–H and O–H groups in total. The number of nitrogens with zero attached hydrogens (tertiary/aromatic N) is 2. The van der Waals surface area contributed by atoms with Crippen LogP contribution in [-0.2, 0) is 16.0 Å². The van der Waals surface area contributed by atoms with E-state index in [-0.39, 0.29) is 17.4 Å².